The summed E-state index contributed by atoms with van der Waals surface area (Å²) in [6.07, 6.45) is -0.389. The molecule has 0 aromatic carbocycles. The molecule has 0 spiro atoms. The Hall–Kier alpha value is -4.89. The van der Waals surface area contributed by atoms with Gasteiger partial charge in [0.1, 0.15) is 42.3 Å². The highest BCUT2D eigenvalue weighted by molar-refractivity contribution is 5.99. The molecule has 0 aliphatic carbocycles. The van der Waals surface area contributed by atoms with Crippen LogP contribution in [0, 0.1) is 5.92 Å². The Morgan fingerprint density at radius 3 is 1.82 bits per heavy atom. The molecule has 9 atom stereocenters. The van der Waals surface area contributed by atoms with E-state index in [0.717, 1.165) is 0 Å². The highest BCUT2D eigenvalue weighted by Gasteiger charge is 2.40. The second-order valence-corrected chi connectivity index (χ2v) is 14.3. The summed E-state index contributed by atoms with van der Waals surface area (Å²) in [7, 11) is 0. The molecule has 1 rings (SSSR count). The van der Waals surface area contributed by atoms with Crippen molar-refractivity contribution in [1.29, 1.82) is 0 Å². The van der Waals surface area contributed by atoms with Crippen LogP contribution in [0.4, 0.5) is 0 Å². The van der Waals surface area contributed by atoms with Gasteiger partial charge in [-0.15, -0.1) is 0 Å². The van der Waals surface area contributed by atoms with Crippen LogP contribution in [-0.2, 0) is 43.2 Å². The van der Waals surface area contributed by atoms with Gasteiger partial charge < -0.3 is 64.8 Å². The Morgan fingerprint density at radius 1 is 0.709 bits per heavy atom. The Bertz CT molecular complexity index is 1390. The number of aliphatic hydroxyl groups is 1. The maximum Gasteiger partial charge on any atom is 0.245 e. The standard InChI is InChI=1S/C34H61N11O10/c1-16(2)14-22(42-29(50)19(5)40-28(49)17(3)36)30(51)41-21(10-7-8-12-35)34(55)45-13-9-11-24(45)32(53)43-23(15-25(37)47)31(52)44-26(20(6)46)33(54)39-18(4)27(38)48/h16-24,26,46H,7-15,35-36H2,1-6H3,(H2,37,47)(H2,38,48)(H,39,54)(H,40,49)(H,41,51)(H,42,50)(H,43,53)(H,44,52)/t17-,18-,19-,20+,21-,22-,23-,24-,26-/m0/s1. The molecule has 1 heterocycles. The van der Waals surface area contributed by atoms with E-state index >= 15 is 0 Å². The monoisotopic (exact) mass is 783 g/mol. The van der Waals surface area contributed by atoms with Crippen LogP contribution in [0.2, 0.25) is 0 Å². The minimum absolute atomic E-state index is 0.0717. The van der Waals surface area contributed by atoms with Gasteiger partial charge in [-0.2, -0.15) is 0 Å². The molecule has 1 aliphatic heterocycles. The smallest absolute Gasteiger partial charge is 0.245 e. The van der Waals surface area contributed by atoms with Gasteiger partial charge >= 0.3 is 0 Å². The summed E-state index contributed by atoms with van der Waals surface area (Å²) in [5, 5.41) is 24.9. The topological polar surface area (TPSA) is 353 Å². The van der Waals surface area contributed by atoms with Gasteiger partial charge in [-0.25, -0.2) is 0 Å². The van der Waals surface area contributed by atoms with Crippen molar-refractivity contribution >= 4 is 53.2 Å². The third-order valence-electron chi connectivity index (χ3n) is 8.79. The van der Waals surface area contributed by atoms with Gasteiger partial charge in [0, 0.05) is 6.54 Å². The zero-order chi connectivity index (χ0) is 42.2. The molecular formula is C34H61N11O10. The van der Waals surface area contributed by atoms with Crippen molar-refractivity contribution in [2.45, 2.75) is 141 Å². The third kappa shape index (κ3) is 16.2. The summed E-state index contributed by atoms with van der Waals surface area (Å²) in [6.45, 7) is 9.45. The molecule has 55 heavy (non-hydrogen) atoms. The van der Waals surface area contributed by atoms with Gasteiger partial charge in [-0.1, -0.05) is 13.8 Å². The van der Waals surface area contributed by atoms with Crippen molar-refractivity contribution in [2.24, 2.45) is 28.9 Å². The number of rotatable bonds is 23. The zero-order valence-electron chi connectivity index (χ0n) is 32.5. The molecule has 1 aliphatic rings. The Labute approximate surface area is 320 Å². The maximum absolute atomic E-state index is 14.1. The summed E-state index contributed by atoms with van der Waals surface area (Å²) in [5.41, 5.74) is 21.8. The Kier molecular flexibility index (Phi) is 20.2. The number of unbranched alkanes of at least 4 members (excludes halogenated alkanes) is 1. The first kappa shape index (κ1) is 48.1. The van der Waals surface area contributed by atoms with Gasteiger partial charge in [0.25, 0.3) is 0 Å². The first-order chi connectivity index (χ1) is 25.6. The molecule has 312 valence electrons. The van der Waals surface area contributed by atoms with Crippen LogP contribution in [0.25, 0.3) is 0 Å². The molecule has 21 nitrogen and oxygen atoms in total. The number of hydrogen-bond donors (Lipinski definition) is 11. The fourth-order valence-corrected chi connectivity index (χ4v) is 5.65. The number of nitrogens with one attached hydrogen (secondary N) is 6. The van der Waals surface area contributed by atoms with Crippen LogP contribution >= 0.6 is 0 Å². The number of nitrogens with two attached hydrogens (primary N) is 4. The van der Waals surface area contributed by atoms with Crippen LogP contribution in [0.5, 0.6) is 0 Å². The summed E-state index contributed by atoms with van der Waals surface area (Å²) in [6, 6.07) is -9.67. The van der Waals surface area contributed by atoms with Crippen LogP contribution in [0.15, 0.2) is 0 Å². The minimum Gasteiger partial charge on any atom is -0.391 e. The lowest BCUT2D eigenvalue weighted by Crippen LogP contribution is -2.61. The van der Waals surface area contributed by atoms with Crippen LogP contribution < -0.4 is 54.8 Å². The summed E-state index contributed by atoms with van der Waals surface area (Å²) in [5.74, 6) is -7.28. The number of likely N-dealkylation sites (tertiary alicyclic amines) is 1. The van der Waals surface area contributed by atoms with E-state index in [-0.39, 0.29) is 31.7 Å². The molecule has 0 aromatic heterocycles. The Balaban J connectivity index is 3.26. The number of nitrogens with zero attached hydrogens (tertiary/aromatic N) is 1. The summed E-state index contributed by atoms with van der Waals surface area (Å²) >= 11 is 0. The second kappa shape index (κ2) is 23.1. The fraction of sp³-hybridized carbons (Fsp3) is 0.735. The predicted octanol–water partition coefficient (Wildman–Crippen LogP) is -4.81. The van der Waals surface area contributed by atoms with Crippen LogP contribution in [-0.4, -0.2) is 131 Å². The largest absolute Gasteiger partial charge is 0.391 e. The first-order valence-corrected chi connectivity index (χ1v) is 18.4. The van der Waals surface area contributed by atoms with Gasteiger partial charge in [0.2, 0.25) is 53.2 Å². The van der Waals surface area contributed by atoms with Crippen molar-refractivity contribution < 1.29 is 48.3 Å². The van der Waals surface area contributed by atoms with Gasteiger partial charge in [0.15, 0.2) is 0 Å². The lowest BCUT2D eigenvalue weighted by atomic mass is 10.0. The molecule has 9 amide bonds. The number of carbonyl (C=O) groups excluding carboxylic acids is 9. The second-order valence-electron chi connectivity index (χ2n) is 14.3. The minimum atomic E-state index is -1.63. The quantitative estimate of drug-likeness (QED) is 0.0435. The number of primary amides is 2. The lowest BCUT2D eigenvalue weighted by molar-refractivity contribution is -0.143. The molecule has 0 aromatic rings. The van der Waals surface area contributed by atoms with Crippen molar-refractivity contribution in [1.82, 2.24) is 36.8 Å². The molecule has 21 heteroatoms. The van der Waals surface area contributed by atoms with Crippen molar-refractivity contribution in [3.8, 4) is 0 Å². The summed E-state index contributed by atoms with van der Waals surface area (Å²) in [4.78, 5) is 117. The summed E-state index contributed by atoms with van der Waals surface area (Å²) < 4.78 is 0. The highest BCUT2D eigenvalue weighted by Crippen LogP contribution is 2.21. The molecule has 1 saturated heterocycles. The van der Waals surface area contributed by atoms with E-state index in [9.17, 15) is 48.3 Å². The first-order valence-electron chi connectivity index (χ1n) is 18.4. The van der Waals surface area contributed by atoms with Crippen LogP contribution in [0.1, 0.15) is 86.5 Å². The van der Waals surface area contributed by atoms with Gasteiger partial charge in [0.05, 0.1) is 18.6 Å². The average molecular weight is 784 g/mol. The fourth-order valence-electron chi connectivity index (χ4n) is 5.65. The SMILES string of the molecule is CC(C)C[C@H](NC(=O)[C@H](C)NC(=O)[C@H](C)N)C(=O)N[C@@H](CCCCN)C(=O)N1CCC[C@H]1C(=O)N[C@@H](CC(N)=O)C(=O)N[C@H](C(=O)N[C@@H](C)C(N)=O)[C@@H](C)O. The van der Waals surface area contributed by atoms with E-state index in [2.05, 4.69) is 31.9 Å². The van der Waals surface area contributed by atoms with E-state index in [1.165, 1.54) is 32.6 Å². The molecule has 0 radical (unpaired) electrons. The third-order valence-corrected chi connectivity index (χ3v) is 8.79. The van der Waals surface area contributed by atoms with Crippen molar-refractivity contribution in [2.75, 3.05) is 13.1 Å². The van der Waals surface area contributed by atoms with Crippen molar-refractivity contribution in [3.63, 3.8) is 0 Å². The number of carbonyl (C=O) groups is 9. The van der Waals surface area contributed by atoms with Crippen molar-refractivity contribution in [3.05, 3.63) is 0 Å². The zero-order valence-corrected chi connectivity index (χ0v) is 32.5. The molecule has 0 unspecified atom stereocenters. The molecule has 0 bridgehead atoms. The van der Waals surface area contributed by atoms with Gasteiger partial charge in [-0.3, -0.25) is 43.2 Å². The van der Waals surface area contributed by atoms with E-state index < -0.39 is 114 Å². The molecule has 1 fully saturated rings. The van der Waals surface area contributed by atoms with E-state index in [1.54, 1.807) is 0 Å². The molecular weight excluding hydrogens is 722 g/mol. The number of aliphatic hydroxyl groups excluding tert-OH is 1. The molecule has 0 saturated carbocycles. The normalized spacial score (nSPS) is 18.3. The van der Waals surface area contributed by atoms with E-state index in [4.69, 9.17) is 22.9 Å². The lowest BCUT2D eigenvalue weighted by Gasteiger charge is -2.31. The maximum atomic E-state index is 14.1. The van der Waals surface area contributed by atoms with E-state index in [0.29, 0.717) is 25.8 Å². The Morgan fingerprint density at radius 2 is 1.29 bits per heavy atom. The number of hydrogen-bond acceptors (Lipinski definition) is 12. The number of amides is 9. The van der Waals surface area contributed by atoms with Gasteiger partial charge in [-0.05, 0) is 78.7 Å². The highest BCUT2D eigenvalue weighted by atomic mass is 16.3. The van der Waals surface area contributed by atoms with Crippen LogP contribution in [0.3, 0.4) is 0 Å². The van der Waals surface area contributed by atoms with E-state index in [1.807, 2.05) is 13.8 Å². The predicted molar refractivity (Wildman–Crippen MR) is 198 cm³/mol. The molecule has 15 N–H and O–H groups in total. The average Bonchev–Trinajstić information content (AvgIpc) is 3.58.